The largest absolute Gasteiger partial charge is 0.493 e. The highest BCUT2D eigenvalue weighted by Crippen LogP contribution is 2.36. The van der Waals surface area contributed by atoms with Crippen molar-refractivity contribution >= 4 is 10.9 Å². The first kappa shape index (κ1) is 17.0. The number of hydrogen-bond donors (Lipinski definition) is 0. The van der Waals surface area contributed by atoms with E-state index in [1.807, 2.05) is 43.3 Å². The summed E-state index contributed by atoms with van der Waals surface area (Å²) in [4.78, 5) is 8.57. The van der Waals surface area contributed by atoms with Crippen LogP contribution in [0.1, 0.15) is 5.56 Å². The number of aryl methyl sites for hydroxylation is 1. The monoisotopic (exact) mass is 340 g/mol. The lowest BCUT2D eigenvalue weighted by Crippen LogP contribution is -2.05. The van der Waals surface area contributed by atoms with Gasteiger partial charge in [0.15, 0.2) is 11.5 Å². The van der Waals surface area contributed by atoms with Gasteiger partial charge in [-0.3, -0.25) is 0 Å². The highest BCUT2D eigenvalue weighted by atomic mass is 16.5. The lowest BCUT2D eigenvalue weighted by atomic mass is 10.2. The van der Waals surface area contributed by atoms with E-state index in [-0.39, 0.29) is 0 Å². The minimum Gasteiger partial charge on any atom is -0.493 e. The predicted octanol–water partition coefficient (Wildman–Crippen LogP) is 3.76. The minimum absolute atomic E-state index is 0.427. The Morgan fingerprint density at radius 1 is 0.960 bits per heavy atom. The third-order valence-electron chi connectivity index (χ3n) is 3.63. The van der Waals surface area contributed by atoms with Gasteiger partial charge in [-0.1, -0.05) is 12.1 Å². The van der Waals surface area contributed by atoms with E-state index >= 15 is 0 Å². The third kappa shape index (κ3) is 3.97. The van der Waals surface area contributed by atoms with E-state index in [1.54, 1.807) is 14.2 Å². The molecule has 0 N–H and O–H groups in total. The fourth-order valence-electron chi connectivity index (χ4n) is 2.42. The highest BCUT2D eigenvalue weighted by Gasteiger charge is 2.13. The smallest absolute Gasteiger partial charge is 0.230 e. The second-order valence-corrected chi connectivity index (χ2v) is 5.46. The van der Waals surface area contributed by atoms with Gasteiger partial charge in [0.1, 0.15) is 18.7 Å². The van der Waals surface area contributed by atoms with Gasteiger partial charge in [0.05, 0.1) is 24.6 Å². The Hall–Kier alpha value is -2.86. The lowest BCUT2D eigenvalue weighted by Gasteiger charge is -2.13. The van der Waals surface area contributed by atoms with Gasteiger partial charge >= 0.3 is 0 Å². The third-order valence-corrected chi connectivity index (χ3v) is 3.63. The molecule has 0 bridgehead atoms. The summed E-state index contributed by atoms with van der Waals surface area (Å²) >= 11 is 0. The number of ether oxygens (including phenoxy) is 4. The van der Waals surface area contributed by atoms with Gasteiger partial charge in [-0.25, -0.2) is 9.97 Å². The minimum atomic E-state index is 0.427. The molecule has 3 rings (SSSR count). The van der Waals surface area contributed by atoms with E-state index in [1.165, 1.54) is 6.33 Å². The molecule has 3 aromatic rings. The van der Waals surface area contributed by atoms with Crippen molar-refractivity contribution in [3.63, 3.8) is 0 Å². The van der Waals surface area contributed by atoms with Crippen molar-refractivity contribution in [1.82, 2.24) is 9.97 Å². The van der Waals surface area contributed by atoms with Crippen molar-refractivity contribution < 1.29 is 18.9 Å². The zero-order valence-corrected chi connectivity index (χ0v) is 14.5. The van der Waals surface area contributed by atoms with Crippen LogP contribution in [-0.4, -0.2) is 37.4 Å². The molecule has 0 fully saturated rings. The Morgan fingerprint density at radius 3 is 2.60 bits per heavy atom. The molecule has 0 atom stereocenters. The summed E-state index contributed by atoms with van der Waals surface area (Å²) < 4.78 is 22.1. The first-order valence-corrected chi connectivity index (χ1v) is 7.90. The Balaban J connectivity index is 1.97. The SMILES string of the molecule is COCCOc1cc2ncnc(Oc3cccc(C)c3)c2cc1OC. The first-order chi connectivity index (χ1) is 12.2. The molecule has 0 aliphatic rings. The maximum absolute atomic E-state index is 5.94. The molecule has 0 aliphatic carbocycles. The van der Waals surface area contributed by atoms with Crippen molar-refractivity contribution in [3.05, 3.63) is 48.3 Å². The summed E-state index contributed by atoms with van der Waals surface area (Å²) in [6.45, 7) is 2.93. The average molecular weight is 340 g/mol. The standard InChI is InChI=1S/C19H20N2O4/c1-13-5-4-6-14(9-13)25-19-15-10-17(23-3)18(24-8-7-22-2)11-16(15)20-12-21-19/h4-6,9-12H,7-8H2,1-3H3. The zero-order valence-electron chi connectivity index (χ0n) is 14.5. The van der Waals surface area contributed by atoms with Crippen LogP contribution in [0, 0.1) is 6.92 Å². The summed E-state index contributed by atoms with van der Waals surface area (Å²) in [5.41, 5.74) is 1.83. The summed E-state index contributed by atoms with van der Waals surface area (Å²) in [5, 5.41) is 0.750. The van der Waals surface area contributed by atoms with E-state index in [2.05, 4.69) is 9.97 Å². The fraction of sp³-hybridized carbons (Fsp3) is 0.263. The Labute approximate surface area is 146 Å². The van der Waals surface area contributed by atoms with Gasteiger partial charge in [-0.2, -0.15) is 0 Å². The van der Waals surface area contributed by atoms with Crippen LogP contribution in [0.25, 0.3) is 10.9 Å². The van der Waals surface area contributed by atoms with Crippen LogP contribution < -0.4 is 14.2 Å². The van der Waals surface area contributed by atoms with E-state index < -0.39 is 0 Å². The van der Waals surface area contributed by atoms with Crippen molar-refractivity contribution in [2.75, 3.05) is 27.4 Å². The second-order valence-electron chi connectivity index (χ2n) is 5.46. The molecule has 0 spiro atoms. The van der Waals surface area contributed by atoms with Crippen molar-refractivity contribution in [1.29, 1.82) is 0 Å². The fourth-order valence-corrected chi connectivity index (χ4v) is 2.42. The van der Waals surface area contributed by atoms with Crippen LogP contribution in [0.3, 0.4) is 0 Å². The summed E-state index contributed by atoms with van der Waals surface area (Å²) in [6.07, 6.45) is 1.47. The predicted molar refractivity (Wildman–Crippen MR) is 94.7 cm³/mol. The van der Waals surface area contributed by atoms with E-state index in [0.29, 0.717) is 36.1 Å². The van der Waals surface area contributed by atoms with Gasteiger partial charge in [0.2, 0.25) is 5.88 Å². The van der Waals surface area contributed by atoms with Gasteiger partial charge < -0.3 is 18.9 Å². The highest BCUT2D eigenvalue weighted by molar-refractivity contribution is 5.87. The number of hydrogen-bond acceptors (Lipinski definition) is 6. The molecule has 0 saturated carbocycles. The van der Waals surface area contributed by atoms with Crippen LogP contribution >= 0.6 is 0 Å². The quantitative estimate of drug-likeness (QED) is 0.610. The van der Waals surface area contributed by atoms with Gasteiger partial charge in [0.25, 0.3) is 0 Å². The summed E-state index contributed by atoms with van der Waals surface area (Å²) in [6, 6.07) is 11.4. The van der Waals surface area contributed by atoms with Crippen molar-refractivity contribution in [2.45, 2.75) is 6.92 Å². The van der Waals surface area contributed by atoms with E-state index in [4.69, 9.17) is 18.9 Å². The molecule has 25 heavy (non-hydrogen) atoms. The molecule has 6 heteroatoms. The Morgan fingerprint density at radius 2 is 1.84 bits per heavy atom. The molecule has 2 aromatic carbocycles. The molecule has 0 aliphatic heterocycles. The van der Waals surface area contributed by atoms with Gasteiger partial charge in [0, 0.05) is 13.2 Å². The van der Waals surface area contributed by atoms with E-state index in [0.717, 1.165) is 16.7 Å². The van der Waals surface area contributed by atoms with Gasteiger partial charge in [-0.15, -0.1) is 0 Å². The summed E-state index contributed by atoms with van der Waals surface area (Å²) in [7, 11) is 3.22. The van der Waals surface area contributed by atoms with Crippen LogP contribution in [-0.2, 0) is 4.74 Å². The molecule has 0 amide bonds. The number of rotatable bonds is 7. The Bertz CT molecular complexity index is 867. The molecule has 0 radical (unpaired) electrons. The number of nitrogens with zero attached hydrogens (tertiary/aromatic N) is 2. The summed E-state index contributed by atoms with van der Waals surface area (Å²) in [5.74, 6) is 2.39. The molecular formula is C19H20N2O4. The molecule has 0 saturated heterocycles. The normalized spacial score (nSPS) is 10.7. The van der Waals surface area contributed by atoms with Crippen LogP contribution in [0.4, 0.5) is 0 Å². The second kappa shape index (κ2) is 7.81. The topological polar surface area (TPSA) is 62.7 Å². The maximum Gasteiger partial charge on any atom is 0.230 e. The number of benzene rings is 2. The van der Waals surface area contributed by atoms with Crippen molar-refractivity contribution in [2.24, 2.45) is 0 Å². The molecule has 1 aromatic heterocycles. The number of fused-ring (bicyclic) bond motifs is 1. The molecule has 130 valence electrons. The van der Waals surface area contributed by atoms with E-state index in [9.17, 15) is 0 Å². The lowest BCUT2D eigenvalue weighted by molar-refractivity contribution is 0.144. The number of methoxy groups -OCH3 is 2. The first-order valence-electron chi connectivity index (χ1n) is 7.90. The average Bonchev–Trinajstić information content (AvgIpc) is 2.61. The molecule has 6 nitrogen and oxygen atoms in total. The molecular weight excluding hydrogens is 320 g/mol. The number of aromatic nitrogens is 2. The Kier molecular flexibility index (Phi) is 5.30. The molecule has 0 unspecified atom stereocenters. The van der Waals surface area contributed by atoms with Gasteiger partial charge in [-0.05, 0) is 30.7 Å². The zero-order chi connectivity index (χ0) is 17.6. The van der Waals surface area contributed by atoms with Crippen LogP contribution in [0.5, 0.6) is 23.1 Å². The van der Waals surface area contributed by atoms with Crippen LogP contribution in [0.2, 0.25) is 0 Å². The van der Waals surface area contributed by atoms with Crippen LogP contribution in [0.15, 0.2) is 42.7 Å². The maximum atomic E-state index is 5.94. The van der Waals surface area contributed by atoms with Crippen molar-refractivity contribution in [3.8, 4) is 23.1 Å². The molecule has 1 heterocycles.